The average Bonchev–Trinajstić information content (AvgIpc) is 2.76. The van der Waals surface area contributed by atoms with Gasteiger partial charge in [-0.15, -0.1) is 0 Å². The van der Waals surface area contributed by atoms with Crippen LogP contribution in [0.25, 0.3) is 0 Å². The molecular formula is C12H25N3O2S. The molecule has 0 aromatic carbocycles. The molecule has 106 valence electrons. The zero-order chi connectivity index (χ0) is 13.2. The number of piperidine rings is 1. The Morgan fingerprint density at radius 1 is 1.22 bits per heavy atom. The first-order valence-electron chi connectivity index (χ1n) is 6.84. The van der Waals surface area contributed by atoms with Crippen LogP contribution in [0.2, 0.25) is 0 Å². The van der Waals surface area contributed by atoms with Crippen LogP contribution >= 0.6 is 0 Å². The van der Waals surface area contributed by atoms with Crippen molar-refractivity contribution in [2.75, 3.05) is 46.0 Å². The molecule has 0 saturated carbocycles. The second-order valence-electron chi connectivity index (χ2n) is 5.66. The van der Waals surface area contributed by atoms with Crippen LogP contribution in [0.15, 0.2) is 0 Å². The summed E-state index contributed by atoms with van der Waals surface area (Å²) in [6.45, 7) is 4.70. The minimum atomic E-state index is -3.01. The molecule has 0 amide bonds. The van der Waals surface area contributed by atoms with Gasteiger partial charge in [0.1, 0.15) is 0 Å². The Labute approximate surface area is 111 Å². The van der Waals surface area contributed by atoms with Gasteiger partial charge in [0.15, 0.2) is 0 Å². The molecule has 5 nitrogen and oxygen atoms in total. The number of nitrogens with one attached hydrogen (secondary N) is 1. The first-order chi connectivity index (χ1) is 8.49. The largest absolute Gasteiger partial charge is 0.316 e. The lowest BCUT2D eigenvalue weighted by Gasteiger charge is -2.33. The van der Waals surface area contributed by atoms with Gasteiger partial charge in [-0.1, -0.05) is 0 Å². The number of nitrogens with zero attached hydrogens (tertiary/aromatic N) is 2. The van der Waals surface area contributed by atoms with Crippen LogP contribution in [0.4, 0.5) is 0 Å². The van der Waals surface area contributed by atoms with Gasteiger partial charge in [0.2, 0.25) is 10.0 Å². The number of rotatable bonds is 4. The zero-order valence-electron chi connectivity index (χ0n) is 11.4. The average molecular weight is 275 g/mol. The molecule has 0 aromatic heterocycles. The van der Waals surface area contributed by atoms with Gasteiger partial charge >= 0.3 is 0 Å². The van der Waals surface area contributed by atoms with Crippen LogP contribution in [-0.2, 0) is 10.0 Å². The molecule has 2 fully saturated rings. The van der Waals surface area contributed by atoms with E-state index in [0.717, 1.165) is 32.5 Å². The lowest BCUT2D eigenvalue weighted by Crippen LogP contribution is -2.43. The van der Waals surface area contributed by atoms with E-state index in [9.17, 15) is 8.42 Å². The highest BCUT2D eigenvalue weighted by molar-refractivity contribution is 7.88. The molecule has 2 saturated heterocycles. The van der Waals surface area contributed by atoms with E-state index >= 15 is 0 Å². The third-order valence-electron chi connectivity index (χ3n) is 4.15. The Balaban J connectivity index is 1.83. The Kier molecular flexibility index (Phi) is 4.64. The van der Waals surface area contributed by atoms with E-state index in [1.165, 1.54) is 12.7 Å². The second-order valence-corrected chi connectivity index (χ2v) is 7.65. The van der Waals surface area contributed by atoms with Crippen molar-refractivity contribution in [3.05, 3.63) is 0 Å². The van der Waals surface area contributed by atoms with Gasteiger partial charge in [-0.3, -0.25) is 0 Å². The molecule has 2 unspecified atom stereocenters. The van der Waals surface area contributed by atoms with Crippen molar-refractivity contribution in [3.63, 3.8) is 0 Å². The summed E-state index contributed by atoms with van der Waals surface area (Å²) in [5, 5.41) is 3.32. The lowest BCUT2D eigenvalue weighted by atomic mass is 9.99. The smallest absolute Gasteiger partial charge is 0.211 e. The summed E-state index contributed by atoms with van der Waals surface area (Å²) in [6.07, 6.45) is 4.69. The first kappa shape index (κ1) is 14.2. The molecule has 0 aromatic rings. The van der Waals surface area contributed by atoms with Crippen LogP contribution in [0.5, 0.6) is 0 Å². The second kappa shape index (κ2) is 5.86. The molecule has 0 spiro atoms. The summed E-state index contributed by atoms with van der Waals surface area (Å²) < 4.78 is 24.8. The number of likely N-dealkylation sites (N-methyl/N-ethyl adjacent to an activating group) is 1. The summed E-state index contributed by atoms with van der Waals surface area (Å²) in [5.74, 6) is 0.504. The van der Waals surface area contributed by atoms with Crippen molar-refractivity contribution >= 4 is 10.0 Å². The normalized spacial score (nSPS) is 31.9. The van der Waals surface area contributed by atoms with Crippen LogP contribution < -0.4 is 5.32 Å². The fraction of sp³-hybridized carbons (Fsp3) is 1.00. The lowest BCUT2D eigenvalue weighted by molar-refractivity contribution is 0.198. The zero-order valence-corrected chi connectivity index (χ0v) is 12.2. The summed E-state index contributed by atoms with van der Waals surface area (Å²) in [5.41, 5.74) is 0. The minimum Gasteiger partial charge on any atom is -0.316 e. The van der Waals surface area contributed by atoms with Gasteiger partial charge in [-0.25, -0.2) is 12.7 Å². The van der Waals surface area contributed by atoms with Crippen molar-refractivity contribution in [1.82, 2.24) is 14.5 Å². The molecule has 2 heterocycles. The molecule has 6 heteroatoms. The molecule has 0 aliphatic carbocycles. The molecule has 0 radical (unpaired) electrons. The van der Waals surface area contributed by atoms with Crippen LogP contribution in [0.1, 0.15) is 19.3 Å². The van der Waals surface area contributed by atoms with Gasteiger partial charge in [0, 0.05) is 32.2 Å². The summed E-state index contributed by atoms with van der Waals surface area (Å²) >= 11 is 0. The van der Waals surface area contributed by atoms with Gasteiger partial charge in [-0.05, 0) is 38.8 Å². The molecule has 2 rings (SSSR count). The molecular weight excluding hydrogens is 250 g/mol. The third-order valence-corrected chi connectivity index (χ3v) is 5.42. The maximum Gasteiger partial charge on any atom is 0.211 e. The molecule has 2 aliphatic heterocycles. The minimum absolute atomic E-state index is 0.504. The predicted octanol–water partition coefficient (Wildman–Crippen LogP) is -0.0483. The van der Waals surface area contributed by atoms with Crippen LogP contribution in [0, 0.1) is 5.92 Å². The SMILES string of the molecule is CNC1CCN(CC2CCCN(S(C)(=O)=O)C2)C1. The fourth-order valence-corrected chi connectivity index (χ4v) is 4.02. The summed E-state index contributed by atoms with van der Waals surface area (Å²) in [4.78, 5) is 2.47. The molecule has 1 N–H and O–H groups in total. The van der Waals surface area contributed by atoms with E-state index in [4.69, 9.17) is 0 Å². The highest BCUT2D eigenvalue weighted by Crippen LogP contribution is 2.21. The number of sulfonamides is 1. The quantitative estimate of drug-likeness (QED) is 0.782. The van der Waals surface area contributed by atoms with Gasteiger partial charge in [-0.2, -0.15) is 0 Å². The van der Waals surface area contributed by atoms with E-state index in [0.29, 0.717) is 25.0 Å². The Morgan fingerprint density at radius 3 is 2.61 bits per heavy atom. The number of hydrogen-bond donors (Lipinski definition) is 1. The van der Waals surface area contributed by atoms with Crippen molar-refractivity contribution in [1.29, 1.82) is 0 Å². The van der Waals surface area contributed by atoms with Crippen molar-refractivity contribution in [2.45, 2.75) is 25.3 Å². The number of hydrogen-bond acceptors (Lipinski definition) is 4. The predicted molar refractivity (Wildman–Crippen MR) is 73.0 cm³/mol. The Bertz CT molecular complexity index is 372. The van der Waals surface area contributed by atoms with E-state index in [2.05, 4.69) is 10.2 Å². The van der Waals surface area contributed by atoms with Crippen molar-refractivity contribution in [3.8, 4) is 0 Å². The van der Waals surface area contributed by atoms with E-state index in [1.807, 2.05) is 7.05 Å². The summed E-state index contributed by atoms with van der Waals surface area (Å²) in [6, 6.07) is 0.611. The fourth-order valence-electron chi connectivity index (χ4n) is 3.08. The van der Waals surface area contributed by atoms with E-state index in [1.54, 1.807) is 4.31 Å². The van der Waals surface area contributed by atoms with Gasteiger partial charge in [0.05, 0.1) is 6.26 Å². The van der Waals surface area contributed by atoms with Crippen molar-refractivity contribution < 1.29 is 8.42 Å². The van der Waals surface area contributed by atoms with Gasteiger partial charge < -0.3 is 10.2 Å². The van der Waals surface area contributed by atoms with E-state index < -0.39 is 10.0 Å². The Hall–Kier alpha value is -0.170. The maximum atomic E-state index is 11.6. The maximum absolute atomic E-state index is 11.6. The molecule has 2 atom stereocenters. The molecule has 2 aliphatic rings. The molecule has 0 bridgehead atoms. The third kappa shape index (κ3) is 3.66. The van der Waals surface area contributed by atoms with Crippen molar-refractivity contribution in [2.24, 2.45) is 5.92 Å². The highest BCUT2D eigenvalue weighted by Gasteiger charge is 2.29. The van der Waals surface area contributed by atoms with Crippen LogP contribution in [0.3, 0.4) is 0 Å². The van der Waals surface area contributed by atoms with E-state index in [-0.39, 0.29) is 0 Å². The standard InChI is InChI=1S/C12H25N3O2S/c1-13-12-5-7-14(10-12)8-11-4-3-6-15(9-11)18(2,16)17/h11-13H,3-10H2,1-2H3. The monoisotopic (exact) mass is 275 g/mol. The molecule has 18 heavy (non-hydrogen) atoms. The number of likely N-dealkylation sites (tertiary alicyclic amines) is 1. The van der Waals surface area contributed by atoms with Gasteiger partial charge in [0.25, 0.3) is 0 Å². The topological polar surface area (TPSA) is 52.6 Å². The Morgan fingerprint density at radius 2 is 2.00 bits per heavy atom. The summed E-state index contributed by atoms with van der Waals surface area (Å²) in [7, 11) is -0.991. The van der Waals surface area contributed by atoms with Crippen LogP contribution in [-0.4, -0.2) is 69.7 Å². The highest BCUT2D eigenvalue weighted by atomic mass is 32.2. The first-order valence-corrected chi connectivity index (χ1v) is 8.68.